The van der Waals surface area contributed by atoms with Gasteiger partial charge in [-0.3, -0.25) is 4.72 Å². The van der Waals surface area contributed by atoms with Gasteiger partial charge in [0.2, 0.25) is 0 Å². The van der Waals surface area contributed by atoms with Crippen molar-refractivity contribution in [3.05, 3.63) is 53.0 Å². The Morgan fingerprint density at radius 2 is 1.78 bits per heavy atom. The third-order valence-electron chi connectivity index (χ3n) is 2.29. The van der Waals surface area contributed by atoms with Gasteiger partial charge in [0, 0.05) is 10.2 Å². The van der Waals surface area contributed by atoms with Crippen LogP contribution in [0.15, 0.2) is 57.9 Å². The van der Waals surface area contributed by atoms with E-state index in [-0.39, 0.29) is 10.6 Å². The number of rotatable bonds is 3. The summed E-state index contributed by atoms with van der Waals surface area (Å²) in [5.41, 5.74) is 6.36. The highest BCUT2D eigenvalue weighted by Gasteiger charge is 2.16. The number of hydrogen-bond acceptors (Lipinski definition) is 3. The summed E-state index contributed by atoms with van der Waals surface area (Å²) in [5, 5.41) is 0. The average Bonchev–Trinajstić information content (AvgIpc) is 2.28. The van der Waals surface area contributed by atoms with E-state index in [1.807, 2.05) is 6.07 Å². The minimum atomic E-state index is -3.66. The van der Waals surface area contributed by atoms with Crippen LogP contribution in [0.2, 0.25) is 0 Å². The number of benzene rings is 2. The van der Waals surface area contributed by atoms with Crippen molar-refractivity contribution in [2.24, 2.45) is 0 Å². The van der Waals surface area contributed by atoms with Crippen molar-refractivity contribution >= 4 is 37.3 Å². The van der Waals surface area contributed by atoms with Crippen LogP contribution in [-0.4, -0.2) is 8.42 Å². The highest BCUT2D eigenvalue weighted by Crippen LogP contribution is 2.22. The molecule has 6 heteroatoms. The van der Waals surface area contributed by atoms with Crippen molar-refractivity contribution in [3.8, 4) is 0 Å². The Labute approximate surface area is 114 Å². The molecule has 0 atom stereocenters. The highest BCUT2D eigenvalue weighted by molar-refractivity contribution is 9.10. The van der Waals surface area contributed by atoms with E-state index >= 15 is 0 Å². The summed E-state index contributed by atoms with van der Waals surface area (Å²) >= 11 is 3.28. The Bertz CT molecular complexity index is 671. The van der Waals surface area contributed by atoms with E-state index in [0.717, 1.165) is 4.47 Å². The first kappa shape index (κ1) is 12.9. The van der Waals surface area contributed by atoms with Crippen molar-refractivity contribution in [1.29, 1.82) is 0 Å². The summed E-state index contributed by atoms with van der Waals surface area (Å²) in [4.78, 5) is 0.0741. The van der Waals surface area contributed by atoms with Crippen molar-refractivity contribution < 1.29 is 8.42 Å². The molecule has 0 saturated carbocycles. The first-order valence-electron chi connectivity index (χ1n) is 5.12. The number of sulfonamides is 1. The van der Waals surface area contributed by atoms with Crippen LogP contribution in [0.25, 0.3) is 0 Å². The highest BCUT2D eigenvalue weighted by atomic mass is 79.9. The summed E-state index contributed by atoms with van der Waals surface area (Å²) in [5.74, 6) is 0. The van der Waals surface area contributed by atoms with Crippen LogP contribution in [0, 0.1) is 0 Å². The number of anilines is 2. The minimum Gasteiger partial charge on any atom is -0.398 e. The number of para-hydroxylation sites is 1. The summed E-state index contributed by atoms with van der Waals surface area (Å²) in [6.45, 7) is 0. The lowest BCUT2D eigenvalue weighted by molar-refractivity contribution is 0.601. The van der Waals surface area contributed by atoms with Gasteiger partial charge < -0.3 is 5.73 Å². The zero-order chi connectivity index (χ0) is 13.2. The van der Waals surface area contributed by atoms with Gasteiger partial charge in [0.05, 0.1) is 5.69 Å². The predicted molar refractivity (Wildman–Crippen MR) is 75.8 cm³/mol. The Morgan fingerprint density at radius 3 is 2.44 bits per heavy atom. The summed E-state index contributed by atoms with van der Waals surface area (Å²) < 4.78 is 27.5. The van der Waals surface area contributed by atoms with Crippen molar-refractivity contribution in [2.45, 2.75) is 4.90 Å². The van der Waals surface area contributed by atoms with Gasteiger partial charge in [0.15, 0.2) is 0 Å². The van der Waals surface area contributed by atoms with E-state index in [4.69, 9.17) is 5.73 Å². The number of nitrogens with two attached hydrogens (primary N) is 1. The monoisotopic (exact) mass is 326 g/mol. The number of nitrogen functional groups attached to an aromatic ring is 1. The second-order valence-electron chi connectivity index (χ2n) is 3.65. The molecule has 18 heavy (non-hydrogen) atoms. The van der Waals surface area contributed by atoms with E-state index in [9.17, 15) is 8.42 Å². The molecule has 0 bridgehead atoms. The summed E-state index contributed by atoms with van der Waals surface area (Å²) in [6.07, 6.45) is 0. The number of hydrogen-bond donors (Lipinski definition) is 2. The molecule has 0 spiro atoms. The Hall–Kier alpha value is -1.53. The molecule has 0 amide bonds. The normalized spacial score (nSPS) is 11.2. The molecule has 2 rings (SSSR count). The molecule has 0 saturated heterocycles. The molecule has 94 valence electrons. The molecule has 0 aliphatic rings. The Morgan fingerprint density at radius 1 is 1.06 bits per heavy atom. The maximum Gasteiger partial charge on any atom is 0.263 e. The predicted octanol–water partition coefficient (Wildman–Crippen LogP) is 2.83. The van der Waals surface area contributed by atoms with E-state index in [2.05, 4.69) is 20.7 Å². The van der Waals surface area contributed by atoms with Gasteiger partial charge >= 0.3 is 0 Å². The molecule has 4 nitrogen and oxygen atoms in total. The van der Waals surface area contributed by atoms with Crippen molar-refractivity contribution in [1.82, 2.24) is 0 Å². The molecule has 0 radical (unpaired) electrons. The SMILES string of the molecule is Nc1ccccc1S(=O)(=O)Nc1cccc(Br)c1. The van der Waals surface area contributed by atoms with Gasteiger partial charge in [-0.1, -0.05) is 34.1 Å². The summed E-state index contributed by atoms with van der Waals surface area (Å²) in [6, 6.07) is 13.2. The molecule has 2 aromatic rings. The first-order valence-corrected chi connectivity index (χ1v) is 7.39. The molecular weight excluding hydrogens is 316 g/mol. The van der Waals surface area contributed by atoms with Crippen LogP contribution in [-0.2, 0) is 10.0 Å². The van der Waals surface area contributed by atoms with Crippen LogP contribution in [0.3, 0.4) is 0 Å². The van der Waals surface area contributed by atoms with Crippen LogP contribution < -0.4 is 10.5 Å². The second-order valence-corrected chi connectivity index (χ2v) is 6.22. The van der Waals surface area contributed by atoms with Crippen LogP contribution in [0.1, 0.15) is 0 Å². The lowest BCUT2D eigenvalue weighted by atomic mass is 10.3. The van der Waals surface area contributed by atoms with E-state index < -0.39 is 10.0 Å². The average molecular weight is 327 g/mol. The van der Waals surface area contributed by atoms with Gasteiger partial charge in [0.25, 0.3) is 10.0 Å². The molecule has 0 aromatic heterocycles. The molecule has 0 aliphatic heterocycles. The maximum atomic E-state index is 12.1. The van der Waals surface area contributed by atoms with Crippen LogP contribution in [0.4, 0.5) is 11.4 Å². The molecule has 0 unspecified atom stereocenters. The fourth-order valence-corrected chi connectivity index (χ4v) is 3.07. The number of halogens is 1. The van der Waals surface area contributed by atoms with Gasteiger partial charge in [-0.15, -0.1) is 0 Å². The van der Waals surface area contributed by atoms with E-state index in [1.54, 1.807) is 36.4 Å². The zero-order valence-corrected chi connectivity index (χ0v) is 11.7. The molecule has 0 heterocycles. The lowest BCUT2D eigenvalue weighted by Gasteiger charge is -2.10. The third-order valence-corrected chi connectivity index (χ3v) is 4.23. The Kier molecular flexibility index (Phi) is 3.58. The number of nitrogens with one attached hydrogen (secondary N) is 1. The molecule has 2 aromatic carbocycles. The van der Waals surface area contributed by atoms with E-state index in [1.165, 1.54) is 6.07 Å². The van der Waals surface area contributed by atoms with Gasteiger partial charge in [0.1, 0.15) is 4.90 Å². The summed E-state index contributed by atoms with van der Waals surface area (Å²) in [7, 11) is -3.66. The third kappa shape index (κ3) is 2.83. The topological polar surface area (TPSA) is 72.2 Å². The Balaban J connectivity index is 2.37. The zero-order valence-electron chi connectivity index (χ0n) is 9.30. The van der Waals surface area contributed by atoms with Gasteiger partial charge in [-0.05, 0) is 30.3 Å². The smallest absolute Gasteiger partial charge is 0.263 e. The molecule has 0 fully saturated rings. The molecule has 3 N–H and O–H groups in total. The largest absolute Gasteiger partial charge is 0.398 e. The van der Waals surface area contributed by atoms with Gasteiger partial charge in [-0.2, -0.15) is 0 Å². The van der Waals surface area contributed by atoms with Crippen LogP contribution >= 0.6 is 15.9 Å². The fourth-order valence-electron chi connectivity index (χ4n) is 1.49. The lowest BCUT2D eigenvalue weighted by Crippen LogP contribution is -2.14. The van der Waals surface area contributed by atoms with Crippen molar-refractivity contribution in [3.63, 3.8) is 0 Å². The van der Waals surface area contributed by atoms with Gasteiger partial charge in [-0.25, -0.2) is 8.42 Å². The second kappa shape index (κ2) is 4.99. The van der Waals surface area contributed by atoms with E-state index in [0.29, 0.717) is 5.69 Å². The quantitative estimate of drug-likeness (QED) is 0.852. The maximum absolute atomic E-state index is 12.1. The van der Waals surface area contributed by atoms with Crippen molar-refractivity contribution in [2.75, 3.05) is 10.5 Å². The molecular formula is C12H11BrN2O2S. The first-order chi connectivity index (χ1) is 8.49. The fraction of sp³-hybridized carbons (Fsp3) is 0. The standard InChI is InChI=1S/C12H11BrN2O2S/c13-9-4-3-5-10(8-9)15-18(16,17)12-7-2-1-6-11(12)14/h1-8,15H,14H2. The minimum absolute atomic E-state index is 0.0741. The van der Waals surface area contributed by atoms with Crippen LogP contribution in [0.5, 0.6) is 0 Å². The molecule has 0 aliphatic carbocycles.